The van der Waals surface area contributed by atoms with Crippen LogP contribution in [0.4, 0.5) is 5.69 Å². The van der Waals surface area contributed by atoms with Gasteiger partial charge in [0.2, 0.25) is 0 Å². The van der Waals surface area contributed by atoms with Crippen molar-refractivity contribution >= 4 is 22.4 Å². The van der Waals surface area contributed by atoms with Crippen LogP contribution in [0.2, 0.25) is 0 Å². The van der Waals surface area contributed by atoms with Gasteiger partial charge < -0.3 is 5.32 Å². The second-order valence-corrected chi connectivity index (χ2v) is 5.76. The summed E-state index contributed by atoms with van der Waals surface area (Å²) in [6.07, 6.45) is 0. The smallest absolute Gasteiger partial charge is 0.255 e. The number of hydrogen-bond acceptors (Lipinski definition) is 1. The van der Waals surface area contributed by atoms with Crippen LogP contribution < -0.4 is 5.32 Å². The third-order valence-electron chi connectivity index (χ3n) is 3.84. The Morgan fingerprint density at radius 1 is 0.864 bits per heavy atom. The van der Waals surface area contributed by atoms with Gasteiger partial charge in [0.1, 0.15) is 0 Å². The summed E-state index contributed by atoms with van der Waals surface area (Å²) in [6, 6.07) is 21.8. The molecule has 0 fully saturated rings. The van der Waals surface area contributed by atoms with Crippen molar-refractivity contribution in [3.8, 4) is 0 Å². The first-order valence-corrected chi connectivity index (χ1v) is 7.54. The van der Waals surface area contributed by atoms with Gasteiger partial charge in [-0.3, -0.25) is 4.79 Å². The van der Waals surface area contributed by atoms with E-state index in [0.717, 1.165) is 22.0 Å². The summed E-state index contributed by atoms with van der Waals surface area (Å²) in [4.78, 5) is 12.5. The van der Waals surface area contributed by atoms with Crippen molar-refractivity contribution in [2.75, 3.05) is 5.32 Å². The van der Waals surface area contributed by atoms with Crippen LogP contribution in [0, 0.1) is 0 Å². The summed E-state index contributed by atoms with van der Waals surface area (Å²) in [5, 5.41) is 5.25. The molecule has 3 rings (SSSR count). The summed E-state index contributed by atoms with van der Waals surface area (Å²) >= 11 is 0. The molecule has 2 heteroatoms. The summed E-state index contributed by atoms with van der Waals surface area (Å²) in [6.45, 7) is 4.25. The fraction of sp³-hybridized carbons (Fsp3) is 0.150. The van der Waals surface area contributed by atoms with Gasteiger partial charge in [0.25, 0.3) is 5.91 Å². The Bertz CT molecular complexity index is 821. The topological polar surface area (TPSA) is 29.1 Å². The van der Waals surface area contributed by atoms with E-state index < -0.39 is 0 Å². The summed E-state index contributed by atoms with van der Waals surface area (Å²) < 4.78 is 0. The number of para-hydroxylation sites is 1. The highest BCUT2D eigenvalue weighted by Crippen LogP contribution is 2.24. The molecule has 0 unspecified atom stereocenters. The van der Waals surface area contributed by atoms with E-state index in [2.05, 4.69) is 25.2 Å². The first kappa shape index (κ1) is 14.3. The predicted molar refractivity (Wildman–Crippen MR) is 92.4 cm³/mol. The molecule has 1 amide bonds. The lowest BCUT2D eigenvalue weighted by atomic mass is 10.0. The van der Waals surface area contributed by atoms with Crippen molar-refractivity contribution in [1.29, 1.82) is 0 Å². The number of hydrogen-bond donors (Lipinski definition) is 1. The largest absolute Gasteiger partial charge is 0.322 e. The molecule has 110 valence electrons. The average Bonchev–Trinajstić information content (AvgIpc) is 2.54. The number of benzene rings is 3. The Hall–Kier alpha value is -2.61. The molecule has 1 N–H and O–H groups in total. The highest BCUT2D eigenvalue weighted by Gasteiger charge is 2.11. The minimum atomic E-state index is -0.0705. The average molecular weight is 289 g/mol. The minimum absolute atomic E-state index is 0.0705. The fourth-order valence-corrected chi connectivity index (χ4v) is 2.64. The molecule has 0 aliphatic rings. The van der Waals surface area contributed by atoms with E-state index in [0.29, 0.717) is 11.5 Å². The lowest BCUT2D eigenvalue weighted by molar-refractivity contribution is 0.102. The molecule has 2 nitrogen and oxygen atoms in total. The Labute approximate surface area is 130 Å². The number of fused-ring (bicyclic) bond motifs is 1. The van der Waals surface area contributed by atoms with E-state index in [-0.39, 0.29) is 5.91 Å². The summed E-state index contributed by atoms with van der Waals surface area (Å²) in [5.74, 6) is 0.298. The standard InChI is InChI=1S/C20H19NO/c1-14(2)18-9-5-6-10-19(18)21-20(22)17-12-11-15-7-3-4-8-16(15)13-17/h3-14H,1-2H3,(H,21,22). The summed E-state index contributed by atoms with van der Waals surface area (Å²) in [5.41, 5.74) is 2.71. The highest BCUT2D eigenvalue weighted by molar-refractivity contribution is 6.06. The molecular formula is C20H19NO. The Balaban J connectivity index is 1.90. The molecule has 0 heterocycles. The Morgan fingerprint density at radius 3 is 2.32 bits per heavy atom. The third kappa shape index (κ3) is 2.86. The van der Waals surface area contributed by atoms with Crippen LogP contribution in [0.25, 0.3) is 10.8 Å². The fourth-order valence-electron chi connectivity index (χ4n) is 2.64. The monoisotopic (exact) mass is 289 g/mol. The van der Waals surface area contributed by atoms with Crippen molar-refractivity contribution in [3.63, 3.8) is 0 Å². The Kier molecular flexibility index (Phi) is 3.92. The van der Waals surface area contributed by atoms with Crippen LogP contribution in [0.1, 0.15) is 35.7 Å². The zero-order valence-corrected chi connectivity index (χ0v) is 12.8. The van der Waals surface area contributed by atoms with Crippen LogP contribution in [0.15, 0.2) is 66.7 Å². The van der Waals surface area contributed by atoms with Gasteiger partial charge >= 0.3 is 0 Å². The second-order valence-electron chi connectivity index (χ2n) is 5.76. The van der Waals surface area contributed by atoms with Crippen LogP contribution in [0.5, 0.6) is 0 Å². The molecule has 0 aromatic heterocycles. The lowest BCUT2D eigenvalue weighted by Crippen LogP contribution is -2.13. The van der Waals surface area contributed by atoms with Gasteiger partial charge in [0.15, 0.2) is 0 Å². The molecule has 0 saturated carbocycles. The Morgan fingerprint density at radius 2 is 1.55 bits per heavy atom. The van der Waals surface area contributed by atoms with E-state index in [4.69, 9.17) is 0 Å². The number of rotatable bonds is 3. The van der Waals surface area contributed by atoms with Crippen LogP contribution in [0.3, 0.4) is 0 Å². The number of nitrogens with one attached hydrogen (secondary N) is 1. The zero-order chi connectivity index (χ0) is 15.5. The molecule has 0 spiro atoms. The molecule has 22 heavy (non-hydrogen) atoms. The van der Waals surface area contributed by atoms with Gasteiger partial charge in [0, 0.05) is 11.3 Å². The van der Waals surface area contributed by atoms with Crippen LogP contribution >= 0.6 is 0 Å². The van der Waals surface area contributed by atoms with Crippen molar-refractivity contribution in [2.45, 2.75) is 19.8 Å². The molecule has 3 aromatic carbocycles. The van der Waals surface area contributed by atoms with Crippen LogP contribution in [-0.2, 0) is 0 Å². The molecular weight excluding hydrogens is 270 g/mol. The maximum absolute atomic E-state index is 12.5. The van der Waals surface area contributed by atoms with E-state index in [1.54, 1.807) is 0 Å². The lowest BCUT2D eigenvalue weighted by Gasteiger charge is -2.13. The first-order valence-electron chi connectivity index (χ1n) is 7.54. The SMILES string of the molecule is CC(C)c1ccccc1NC(=O)c1ccc2ccccc2c1. The van der Waals surface area contributed by atoms with Crippen molar-refractivity contribution in [3.05, 3.63) is 77.9 Å². The van der Waals surface area contributed by atoms with Gasteiger partial charge in [-0.2, -0.15) is 0 Å². The van der Waals surface area contributed by atoms with Gasteiger partial charge in [0.05, 0.1) is 0 Å². The number of amides is 1. The molecule has 3 aromatic rings. The van der Waals surface area contributed by atoms with Crippen molar-refractivity contribution in [2.24, 2.45) is 0 Å². The second kappa shape index (κ2) is 6.02. The quantitative estimate of drug-likeness (QED) is 0.704. The van der Waals surface area contributed by atoms with Crippen molar-refractivity contribution in [1.82, 2.24) is 0 Å². The number of anilines is 1. The predicted octanol–water partition coefficient (Wildman–Crippen LogP) is 5.22. The zero-order valence-electron chi connectivity index (χ0n) is 12.8. The minimum Gasteiger partial charge on any atom is -0.322 e. The maximum atomic E-state index is 12.5. The van der Waals surface area contributed by atoms with Gasteiger partial charge in [-0.15, -0.1) is 0 Å². The molecule has 0 saturated heterocycles. The number of carbonyl (C=O) groups is 1. The van der Waals surface area contributed by atoms with E-state index in [1.807, 2.05) is 60.7 Å². The van der Waals surface area contributed by atoms with Gasteiger partial charge in [-0.1, -0.05) is 62.4 Å². The third-order valence-corrected chi connectivity index (χ3v) is 3.84. The molecule has 0 bridgehead atoms. The van der Waals surface area contributed by atoms with Crippen LogP contribution in [-0.4, -0.2) is 5.91 Å². The van der Waals surface area contributed by atoms with Crippen molar-refractivity contribution < 1.29 is 4.79 Å². The summed E-state index contributed by atoms with van der Waals surface area (Å²) in [7, 11) is 0. The molecule has 0 aliphatic carbocycles. The van der Waals surface area contributed by atoms with E-state index in [9.17, 15) is 4.79 Å². The number of carbonyl (C=O) groups excluding carboxylic acids is 1. The molecule has 0 radical (unpaired) electrons. The first-order chi connectivity index (χ1) is 10.6. The van der Waals surface area contributed by atoms with Gasteiger partial charge in [-0.05, 0) is 40.5 Å². The van der Waals surface area contributed by atoms with Gasteiger partial charge in [-0.25, -0.2) is 0 Å². The highest BCUT2D eigenvalue weighted by atomic mass is 16.1. The molecule has 0 aliphatic heterocycles. The molecule has 0 atom stereocenters. The van der Waals surface area contributed by atoms with E-state index in [1.165, 1.54) is 0 Å². The van der Waals surface area contributed by atoms with E-state index >= 15 is 0 Å². The maximum Gasteiger partial charge on any atom is 0.255 e. The normalized spacial score (nSPS) is 10.9.